The lowest BCUT2D eigenvalue weighted by atomic mass is 9.99. The smallest absolute Gasteiger partial charge is 0.158 e. The van der Waals surface area contributed by atoms with Gasteiger partial charge in [0.15, 0.2) is 6.29 Å². The van der Waals surface area contributed by atoms with Crippen molar-refractivity contribution < 1.29 is 9.47 Å². The van der Waals surface area contributed by atoms with Gasteiger partial charge in [-0.1, -0.05) is 26.2 Å². The first-order valence-electron chi connectivity index (χ1n) is 6.37. The van der Waals surface area contributed by atoms with Gasteiger partial charge >= 0.3 is 0 Å². The van der Waals surface area contributed by atoms with Gasteiger partial charge in [0.1, 0.15) is 0 Å². The Labute approximate surface area is 94.3 Å². The molecule has 1 aliphatic rings. The van der Waals surface area contributed by atoms with Crippen molar-refractivity contribution in [3.05, 3.63) is 0 Å². The Kier molecular flexibility index (Phi) is 5.07. The highest BCUT2D eigenvalue weighted by Crippen LogP contribution is 2.29. The van der Waals surface area contributed by atoms with Crippen LogP contribution in [-0.4, -0.2) is 18.0 Å². The third-order valence-corrected chi connectivity index (χ3v) is 2.91. The fourth-order valence-corrected chi connectivity index (χ4v) is 2.30. The Hall–Kier alpha value is -0.0800. The van der Waals surface area contributed by atoms with E-state index >= 15 is 0 Å². The van der Waals surface area contributed by atoms with E-state index in [1.165, 1.54) is 25.7 Å². The van der Waals surface area contributed by atoms with Crippen LogP contribution < -0.4 is 0 Å². The van der Waals surface area contributed by atoms with Crippen molar-refractivity contribution in [1.29, 1.82) is 0 Å². The van der Waals surface area contributed by atoms with Crippen molar-refractivity contribution in [2.45, 2.75) is 84.2 Å². The van der Waals surface area contributed by atoms with Crippen LogP contribution in [-0.2, 0) is 9.47 Å². The molecule has 1 aliphatic heterocycles. The van der Waals surface area contributed by atoms with E-state index in [4.69, 9.17) is 9.47 Å². The largest absolute Gasteiger partial charge is 0.350 e. The fourth-order valence-electron chi connectivity index (χ4n) is 2.30. The average Bonchev–Trinajstić information content (AvgIpc) is 2.09. The molecule has 0 aromatic rings. The lowest BCUT2D eigenvalue weighted by Crippen LogP contribution is -2.42. The second-order valence-electron chi connectivity index (χ2n) is 5.31. The summed E-state index contributed by atoms with van der Waals surface area (Å²) in [6.07, 6.45) is 7.55. The van der Waals surface area contributed by atoms with Crippen LogP contribution in [0.4, 0.5) is 0 Å². The predicted molar refractivity (Wildman–Crippen MR) is 62.9 cm³/mol. The van der Waals surface area contributed by atoms with Crippen molar-refractivity contribution in [3.8, 4) is 0 Å². The standard InChI is InChI=1S/C13H26O2/c1-5-6-7-8-9-12-14-11(2)10-13(3,4)15-12/h11-12H,5-10H2,1-4H3/t11-,12+/m0/s1. The van der Waals surface area contributed by atoms with E-state index < -0.39 is 0 Å². The number of rotatable bonds is 5. The molecule has 1 saturated heterocycles. The molecular weight excluding hydrogens is 188 g/mol. The topological polar surface area (TPSA) is 18.5 Å². The molecule has 15 heavy (non-hydrogen) atoms. The van der Waals surface area contributed by atoms with Crippen LogP contribution in [0.25, 0.3) is 0 Å². The molecule has 2 nitrogen and oxygen atoms in total. The van der Waals surface area contributed by atoms with Gasteiger partial charge < -0.3 is 9.47 Å². The normalized spacial score (nSPS) is 30.4. The minimum Gasteiger partial charge on any atom is -0.350 e. The highest BCUT2D eigenvalue weighted by Gasteiger charge is 2.32. The summed E-state index contributed by atoms with van der Waals surface area (Å²) in [7, 11) is 0. The Balaban J connectivity index is 2.23. The summed E-state index contributed by atoms with van der Waals surface area (Å²) >= 11 is 0. The maximum atomic E-state index is 5.90. The third kappa shape index (κ3) is 4.98. The Morgan fingerprint density at radius 2 is 1.93 bits per heavy atom. The van der Waals surface area contributed by atoms with Gasteiger partial charge in [-0.3, -0.25) is 0 Å². The summed E-state index contributed by atoms with van der Waals surface area (Å²) in [5.41, 5.74) is -0.00686. The summed E-state index contributed by atoms with van der Waals surface area (Å²) in [4.78, 5) is 0. The first-order chi connectivity index (χ1) is 7.03. The van der Waals surface area contributed by atoms with E-state index in [1.807, 2.05) is 0 Å². The Bertz CT molecular complexity index is 177. The molecule has 2 heteroatoms. The van der Waals surface area contributed by atoms with Gasteiger partial charge in [0.25, 0.3) is 0 Å². The lowest BCUT2D eigenvalue weighted by Gasteiger charge is -2.39. The van der Waals surface area contributed by atoms with Gasteiger partial charge in [-0.15, -0.1) is 0 Å². The molecule has 0 bridgehead atoms. The second-order valence-corrected chi connectivity index (χ2v) is 5.31. The predicted octanol–water partition coefficient (Wildman–Crippen LogP) is 3.89. The van der Waals surface area contributed by atoms with Crippen LogP contribution in [0.5, 0.6) is 0 Å². The van der Waals surface area contributed by atoms with Gasteiger partial charge in [-0.05, 0) is 33.6 Å². The maximum absolute atomic E-state index is 5.90. The van der Waals surface area contributed by atoms with E-state index in [9.17, 15) is 0 Å². The van der Waals surface area contributed by atoms with Crippen molar-refractivity contribution >= 4 is 0 Å². The summed E-state index contributed by atoms with van der Waals surface area (Å²) in [6, 6.07) is 0. The molecule has 0 aromatic heterocycles. The number of hydrogen-bond acceptors (Lipinski definition) is 2. The van der Waals surface area contributed by atoms with Crippen LogP contribution >= 0.6 is 0 Å². The van der Waals surface area contributed by atoms with E-state index in [2.05, 4.69) is 27.7 Å². The van der Waals surface area contributed by atoms with E-state index in [-0.39, 0.29) is 11.9 Å². The van der Waals surface area contributed by atoms with Gasteiger partial charge in [-0.25, -0.2) is 0 Å². The maximum Gasteiger partial charge on any atom is 0.158 e. The number of ether oxygens (including phenoxy) is 2. The highest BCUT2D eigenvalue weighted by atomic mass is 16.7. The van der Waals surface area contributed by atoms with E-state index in [1.54, 1.807) is 0 Å². The molecule has 0 radical (unpaired) electrons. The minimum atomic E-state index is -0.00686. The molecule has 0 amide bonds. The zero-order valence-electron chi connectivity index (χ0n) is 10.7. The molecule has 0 unspecified atom stereocenters. The zero-order chi connectivity index (χ0) is 11.3. The molecule has 0 aromatic carbocycles. The molecule has 1 fully saturated rings. The quantitative estimate of drug-likeness (QED) is 0.646. The average molecular weight is 214 g/mol. The summed E-state index contributed by atoms with van der Waals surface area (Å²) in [6.45, 7) is 8.69. The first kappa shape index (κ1) is 13.0. The van der Waals surface area contributed by atoms with Crippen molar-refractivity contribution in [3.63, 3.8) is 0 Å². The first-order valence-corrected chi connectivity index (χ1v) is 6.37. The summed E-state index contributed by atoms with van der Waals surface area (Å²) in [5.74, 6) is 0. The summed E-state index contributed by atoms with van der Waals surface area (Å²) in [5, 5.41) is 0. The molecule has 90 valence electrons. The van der Waals surface area contributed by atoms with E-state index in [0.29, 0.717) is 6.10 Å². The van der Waals surface area contributed by atoms with Crippen molar-refractivity contribution in [1.82, 2.24) is 0 Å². The molecule has 0 saturated carbocycles. The molecule has 1 rings (SSSR count). The van der Waals surface area contributed by atoms with Crippen LogP contribution in [0, 0.1) is 0 Å². The van der Waals surface area contributed by atoms with Gasteiger partial charge in [0.05, 0.1) is 11.7 Å². The fraction of sp³-hybridized carbons (Fsp3) is 1.00. The van der Waals surface area contributed by atoms with Crippen LogP contribution in [0.15, 0.2) is 0 Å². The Morgan fingerprint density at radius 1 is 1.20 bits per heavy atom. The minimum absolute atomic E-state index is 0.00686. The molecular formula is C13H26O2. The number of hydrogen-bond donors (Lipinski definition) is 0. The summed E-state index contributed by atoms with van der Waals surface area (Å²) < 4.78 is 11.7. The molecule has 0 aliphatic carbocycles. The second kappa shape index (κ2) is 5.86. The SMILES string of the molecule is CCCCCC[C@@H]1O[C@@H](C)CC(C)(C)O1. The lowest BCUT2D eigenvalue weighted by molar-refractivity contribution is -0.270. The van der Waals surface area contributed by atoms with Crippen molar-refractivity contribution in [2.24, 2.45) is 0 Å². The van der Waals surface area contributed by atoms with Crippen LogP contribution in [0.1, 0.15) is 66.2 Å². The molecule has 0 spiro atoms. The van der Waals surface area contributed by atoms with Gasteiger partial charge in [0.2, 0.25) is 0 Å². The van der Waals surface area contributed by atoms with Gasteiger partial charge in [0, 0.05) is 6.42 Å². The Morgan fingerprint density at radius 3 is 2.53 bits per heavy atom. The monoisotopic (exact) mass is 214 g/mol. The zero-order valence-corrected chi connectivity index (χ0v) is 10.7. The van der Waals surface area contributed by atoms with Crippen molar-refractivity contribution in [2.75, 3.05) is 0 Å². The molecule has 0 N–H and O–H groups in total. The van der Waals surface area contributed by atoms with Crippen LogP contribution in [0.2, 0.25) is 0 Å². The van der Waals surface area contributed by atoms with Crippen LogP contribution in [0.3, 0.4) is 0 Å². The number of unbranched alkanes of at least 4 members (excludes halogenated alkanes) is 3. The van der Waals surface area contributed by atoms with E-state index in [0.717, 1.165) is 12.8 Å². The molecule has 1 heterocycles. The highest BCUT2D eigenvalue weighted by molar-refractivity contribution is 4.77. The molecule has 2 atom stereocenters. The van der Waals surface area contributed by atoms with Gasteiger partial charge in [-0.2, -0.15) is 0 Å². The third-order valence-electron chi connectivity index (χ3n) is 2.91.